The van der Waals surface area contributed by atoms with Gasteiger partial charge in [-0.05, 0) is 50.2 Å². The fraction of sp³-hybridized carbons (Fsp3) is 0.160. The molecule has 0 bridgehead atoms. The van der Waals surface area contributed by atoms with Gasteiger partial charge in [0.1, 0.15) is 6.54 Å². The van der Waals surface area contributed by atoms with Gasteiger partial charge in [-0.15, -0.1) is 0 Å². The van der Waals surface area contributed by atoms with Crippen LogP contribution in [0.4, 0.5) is 0 Å². The smallest absolute Gasteiger partial charge is 0.336 e. The molecule has 0 aliphatic heterocycles. The summed E-state index contributed by atoms with van der Waals surface area (Å²) in [5.41, 5.74) is 1.36. The summed E-state index contributed by atoms with van der Waals surface area (Å²) in [5, 5.41) is 3.06. The van der Waals surface area contributed by atoms with Crippen molar-refractivity contribution in [2.45, 2.75) is 26.9 Å². The first-order valence-electron chi connectivity index (χ1n) is 10.4. The minimum absolute atomic E-state index is 0.184. The maximum Gasteiger partial charge on any atom is 0.336 e. The molecule has 0 saturated heterocycles. The molecule has 4 aromatic rings. The molecule has 33 heavy (non-hydrogen) atoms. The molecule has 2 heterocycles. The predicted octanol–water partition coefficient (Wildman–Crippen LogP) is 2.37. The van der Waals surface area contributed by atoms with Crippen molar-refractivity contribution in [2.75, 3.05) is 0 Å². The molecular formula is C25H22N4O4. The fourth-order valence-corrected chi connectivity index (χ4v) is 3.62. The number of benzene rings is 2. The Bertz CT molecular complexity index is 1490. The Morgan fingerprint density at radius 3 is 2.55 bits per heavy atom. The number of carbonyl (C=O) groups is 2. The molecule has 166 valence electrons. The van der Waals surface area contributed by atoms with Crippen molar-refractivity contribution < 1.29 is 9.59 Å². The first kappa shape index (κ1) is 21.9. The number of carbonyl (C=O) groups excluding carboxylic acids is 2. The number of Topliss-reactive ketones (excluding diaryl/α,β-unsaturated/α-hetero) is 1. The quantitative estimate of drug-likeness (QED) is 0.462. The van der Waals surface area contributed by atoms with Gasteiger partial charge < -0.3 is 5.32 Å². The van der Waals surface area contributed by atoms with Crippen molar-refractivity contribution in [2.24, 2.45) is 0 Å². The number of hydrogen-bond donors (Lipinski definition) is 1. The van der Waals surface area contributed by atoms with Crippen LogP contribution in [0.15, 0.2) is 76.4 Å². The maximum atomic E-state index is 13.4. The van der Waals surface area contributed by atoms with Crippen molar-refractivity contribution >= 4 is 22.6 Å². The molecule has 2 aromatic heterocycles. The minimum atomic E-state index is -0.662. The van der Waals surface area contributed by atoms with Gasteiger partial charge in [0.25, 0.3) is 5.56 Å². The van der Waals surface area contributed by atoms with E-state index in [-0.39, 0.29) is 24.6 Å². The van der Waals surface area contributed by atoms with E-state index >= 15 is 0 Å². The molecule has 0 aliphatic carbocycles. The lowest BCUT2D eigenvalue weighted by Gasteiger charge is -2.15. The van der Waals surface area contributed by atoms with Gasteiger partial charge in [-0.2, -0.15) is 0 Å². The molecule has 2 aromatic carbocycles. The first-order chi connectivity index (χ1) is 15.8. The van der Waals surface area contributed by atoms with Crippen molar-refractivity contribution in [3.8, 4) is 5.69 Å². The van der Waals surface area contributed by atoms with Gasteiger partial charge in [-0.25, -0.2) is 9.36 Å². The zero-order valence-electron chi connectivity index (χ0n) is 18.2. The van der Waals surface area contributed by atoms with Crippen LogP contribution >= 0.6 is 0 Å². The summed E-state index contributed by atoms with van der Waals surface area (Å²) in [6, 6.07) is 16.8. The summed E-state index contributed by atoms with van der Waals surface area (Å²) >= 11 is 0. The summed E-state index contributed by atoms with van der Waals surface area (Å²) in [7, 11) is 0. The third kappa shape index (κ3) is 4.50. The number of amides is 1. The molecule has 0 unspecified atom stereocenters. The second kappa shape index (κ2) is 9.04. The number of aryl methyl sites for hydroxylation is 1. The molecule has 0 radical (unpaired) electrons. The average Bonchev–Trinajstić information content (AvgIpc) is 2.81. The van der Waals surface area contributed by atoms with Crippen molar-refractivity contribution in [3.05, 3.63) is 105 Å². The number of nitrogens with one attached hydrogen (secondary N) is 1. The molecule has 0 atom stereocenters. The van der Waals surface area contributed by atoms with Crippen LogP contribution in [-0.2, 0) is 17.9 Å². The lowest BCUT2D eigenvalue weighted by molar-refractivity contribution is -0.121. The third-order valence-electron chi connectivity index (χ3n) is 5.30. The molecule has 0 spiro atoms. The second-order valence-corrected chi connectivity index (χ2v) is 7.73. The number of pyridine rings is 1. The van der Waals surface area contributed by atoms with Crippen LogP contribution in [0, 0.1) is 6.92 Å². The molecule has 4 rings (SSSR count). The van der Waals surface area contributed by atoms with Crippen molar-refractivity contribution in [3.63, 3.8) is 0 Å². The highest BCUT2D eigenvalue weighted by atomic mass is 16.2. The largest absolute Gasteiger partial charge is 0.349 e. The van der Waals surface area contributed by atoms with E-state index in [0.717, 1.165) is 10.1 Å². The second-order valence-electron chi connectivity index (χ2n) is 7.73. The van der Waals surface area contributed by atoms with E-state index in [1.54, 1.807) is 54.7 Å². The molecule has 0 fully saturated rings. The van der Waals surface area contributed by atoms with E-state index in [9.17, 15) is 19.2 Å². The van der Waals surface area contributed by atoms with Crippen LogP contribution in [0.1, 0.15) is 28.5 Å². The lowest BCUT2D eigenvalue weighted by atomic mass is 10.1. The van der Waals surface area contributed by atoms with E-state index in [2.05, 4.69) is 10.3 Å². The Kier molecular flexibility index (Phi) is 5.99. The molecule has 0 aliphatic rings. The standard InChI is InChI=1S/C25H22N4O4/c1-16-9-10-22-21(12-16)24(32)29(20-8-5-6-18(13-20)17(2)30)25(33)28(22)15-23(31)27-14-19-7-3-4-11-26-19/h3-13H,14-15H2,1-2H3,(H,27,31). The Morgan fingerprint density at radius 2 is 1.82 bits per heavy atom. The maximum absolute atomic E-state index is 13.4. The Hall–Kier alpha value is -4.33. The summed E-state index contributed by atoms with van der Waals surface area (Å²) in [4.78, 5) is 55.4. The van der Waals surface area contributed by atoms with E-state index < -0.39 is 17.2 Å². The van der Waals surface area contributed by atoms with E-state index in [1.165, 1.54) is 17.6 Å². The fourth-order valence-electron chi connectivity index (χ4n) is 3.62. The number of rotatable bonds is 6. The Balaban J connectivity index is 1.81. The number of fused-ring (bicyclic) bond motifs is 1. The summed E-state index contributed by atoms with van der Waals surface area (Å²) in [6.07, 6.45) is 1.63. The molecule has 1 amide bonds. The zero-order chi connectivity index (χ0) is 23.5. The Labute approximate surface area is 189 Å². The first-order valence-corrected chi connectivity index (χ1v) is 10.4. The molecule has 1 N–H and O–H groups in total. The van der Waals surface area contributed by atoms with Crippen molar-refractivity contribution in [1.82, 2.24) is 19.4 Å². The highest BCUT2D eigenvalue weighted by Crippen LogP contribution is 2.14. The van der Waals surface area contributed by atoms with Gasteiger partial charge in [0.15, 0.2) is 5.78 Å². The van der Waals surface area contributed by atoms with Gasteiger partial charge >= 0.3 is 5.69 Å². The summed E-state index contributed by atoms with van der Waals surface area (Å²) in [6.45, 7) is 3.19. The molecule has 8 nitrogen and oxygen atoms in total. The normalized spacial score (nSPS) is 10.8. The minimum Gasteiger partial charge on any atom is -0.349 e. The molecule has 8 heteroatoms. The number of nitrogens with zero attached hydrogens (tertiary/aromatic N) is 3. The topological polar surface area (TPSA) is 103 Å². The molecule has 0 saturated carbocycles. The molecular weight excluding hydrogens is 420 g/mol. The number of aromatic nitrogens is 3. The highest BCUT2D eigenvalue weighted by Gasteiger charge is 2.17. The third-order valence-corrected chi connectivity index (χ3v) is 5.30. The lowest BCUT2D eigenvalue weighted by Crippen LogP contribution is -2.41. The van der Waals surface area contributed by atoms with E-state index in [0.29, 0.717) is 22.2 Å². The van der Waals surface area contributed by atoms with Crippen LogP contribution in [0.5, 0.6) is 0 Å². The Morgan fingerprint density at radius 1 is 1.00 bits per heavy atom. The van der Waals surface area contributed by atoms with E-state index in [4.69, 9.17) is 0 Å². The van der Waals surface area contributed by atoms with Crippen LogP contribution in [0.25, 0.3) is 16.6 Å². The average molecular weight is 442 g/mol. The van der Waals surface area contributed by atoms with Crippen molar-refractivity contribution in [1.29, 1.82) is 0 Å². The number of ketones is 1. The van der Waals surface area contributed by atoms with Gasteiger partial charge in [0.05, 0.1) is 28.8 Å². The van der Waals surface area contributed by atoms with Crippen LogP contribution in [0.2, 0.25) is 0 Å². The van der Waals surface area contributed by atoms with Gasteiger partial charge in [0, 0.05) is 11.8 Å². The van der Waals surface area contributed by atoms with Crippen LogP contribution < -0.4 is 16.6 Å². The van der Waals surface area contributed by atoms with E-state index in [1.807, 2.05) is 13.0 Å². The zero-order valence-corrected chi connectivity index (χ0v) is 18.2. The SMILES string of the molecule is CC(=O)c1cccc(-n2c(=O)c3cc(C)ccc3n(CC(=O)NCc3ccccn3)c2=O)c1. The highest BCUT2D eigenvalue weighted by molar-refractivity contribution is 5.94. The predicted molar refractivity (Wildman–Crippen MR) is 125 cm³/mol. The van der Waals surface area contributed by atoms with Gasteiger partial charge in [-0.1, -0.05) is 29.8 Å². The monoisotopic (exact) mass is 442 g/mol. The summed E-state index contributed by atoms with van der Waals surface area (Å²) < 4.78 is 2.27. The summed E-state index contributed by atoms with van der Waals surface area (Å²) in [5.74, 6) is -0.580. The van der Waals surface area contributed by atoms with Crippen LogP contribution in [-0.4, -0.2) is 25.8 Å². The number of hydrogen-bond acceptors (Lipinski definition) is 5. The van der Waals surface area contributed by atoms with Gasteiger partial charge in [-0.3, -0.25) is 23.9 Å². The van der Waals surface area contributed by atoms with Gasteiger partial charge in [0.2, 0.25) is 5.91 Å². The van der Waals surface area contributed by atoms with Crippen LogP contribution in [0.3, 0.4) is 0 Å².